The minimum Gasteiger partial charge on any atom is -0.327 e. The number of rotatable bonds is 5. The first-order valence-corrected chi connectivity index (χ1v) is 7.19. The smallest absolute Gasteiger partial charge is 0.00763 e. The van der Waals surface area contributed by atoms with Crippen LogP contribution in [0, 0.1) is 5.92 Å². The van der Waals surface area contributed by atoms with Crippen LogP contribution in [0.15, 0.2) is 60.7 Å². The van der Waals surface area contributed by atoms with Crippen LogP contribution in [0.2, 0.25) is 0 Å². The van der Waals surface area contributed by atoms with E-state index in [4.69, 9.17) is 5.73 Å². The van der Waals surface area contributed by atoms with Gasteiger partial charge in [0.1, 0.15) is 0 Å². The summed E-state index contributed by atoms with van der Waals surface area (Å²) in [7, 11) is 0. The van der Waals surface area contributed by atoms with E-state index in [0.717, 1.165) is 12.8 Å². The summed E-state index contributed by atoms with van der Waals surface area (Å²) >= 11 is 0. The normalized spacial score (nSPS) is 23.0. The zero-order valence-corrected chi connectivity index (χ0v) is 11.2. The van der Waals surface area contributed by atoms with Crippen LogP contribution in [-0.2, 0) is 6.42 Å². The molecule has 3 rings (SSSR count). The van der Waals surface area contributed by atoms with Crippen molar-refractivity contribution in [3.05, 3.63) is 71.8 Å². The maximum Gasteiger partial charge on any atom is 0.00763 e. The zero-order valence-electron chi connectivity index (χ0n) is 11.2. The van der Waals surface area contributed by atoms with Crippen molar-refractivity contribution in [3.8, 4) is 0 Å². The summed E-state index contributed by atoms with van der Waals surface area (Å²) < 4.78 is 0. The van der Waals surface area contributed by atoms with Gasteiger partial charge in [0, 0.05) is 6.04 Å². The first-order chi connectivity index (χ1) is 9.34. The lowest BCUT2D eigenvalue weighted by Gasteiger charge is -2.11. The molecule has 2 aromatic rings. The van der Waals surface area contributed by atoms with E-state index >= 15 is 0 Å². The van der Waals surface area contributed by atoms with Crippen LogP contribution >= 0.6 is 0 Å². The number of nitrogens with two attached hydrogens (primary N) is 1. The van der Waals surface area contributed by atoms with E-state index in [-0.39, 0.29) is 0 Å². The molecule has 2 aromatic carbocycles. The Balaban J connectivity index is 1.52. The molecular weight excluding hydrogens is 230 g/mol. The van der Waals surface area contributed by atoms with Crippen LogP contribution in [0.5, 0.6) is 0 Å². The third-order valence-corrected chi connectivity index (χ3v) is 4.23. The van der Waals surface area contributed by atoms with Gasteiger partial charge in [0.2, 0.25) is 0 Å². The Morgan fingerprint density at radius 3 is 2.26 bits per heavy atom. The van der Waals surface area contributed by atoms with Gasteiger partial charge in [-0.05, 0) is 42.2 Å². The van der Waals surface area contributed by atoms with E-state index in [2.05, 4.69) is 60.7 Å². The van der Waals surface area contributed by atoms with Crippen molar-refractivity contribution in [3.63, 3.8) is 0 Å². The standard InChI is InChI=1S/C18H21N/c19-18(12-11-14-7-3-1-4-8-14)17-13-16(17)15-9-5-2-6-10-15/h1-10,16-18H,11-13,19H2. The Hall–Kier alpha value is -1.60. The third kappa shape index (κ3) is 3.05. The lowest BCUT2D eigenvalue weighted by Crippen LogP contribution is -2.23. The molecule has 1 heteroatoms. The van der Waals surface area contributed by atoms with Gasteiger partial charge < -0.3 is 5.73 Å². The SMILES string of the molecule is NC(CCc1ccccc1)C1CC1c1ccccc1. The Labute approximate surface area is 115 Å². The van der Waals surface area contributed by atoms with E-state index in [1.807, 2.05) is 0 Å². The second-order valence-corrected chi connectivity index (χ2v) is 5.60. The van der Waals surface area contributed by atoms with Gasteiger partial charge in [-0.1, -0.05) is 60.7 Å². The van der Waals surface area contributed by atoms with Gasteiger partial charge in [0.15, 0.2) is 0 Å². The van der Waals surface area contributed by atoms with Gasteiger partial charge >= 0.3 is 0 Å². The molecule has 0 heterocycles. The van der Waals surface area contributed by atoms with Gasteiger partial charge in [-0.3, -0.25) is 0 Å². The van der Waals surface area contributed by atoms with Gasteiger partial charge in [-0.2, -0.15) is 0 Å². The molecule has 0 aliphatic heterocycles. The maximum atomic E-state index is 6.35. The molecule has 1 nitrogen and oxygen atoms in total. The highest BCUT2D eigenvalue weighted by Gasteiger charge is 2.41. The lowest BCUT2D eigenvalue weighted by molar-refractivity contribution is 0.539. The molecule has 0 amide bonds. The molecule has 98 valence electrons. The lowest BCUT2D eigenvalue weighted by atomic mass is 10.00. The van der Waals surface area contributed by atoms with Crippen LogP contribution in [0.1, 0.15) is 29.9 Å². The molecule has 0 spiro atoms. The molecule has 1 saturated carbocycles. The Bertz CT molecular complexity index is 506. The number of hydrogen-bond acceptors (Lipinski definition) is 1. The topological polar surface area (TPSA) is 26.0 Å². The first kappa shape index (κ1) is 12.4. The molecule has 19 heavy (non-hydrogen) atoms. The summed E-state index contributed by atoms with van der Waals surface area (Å²) in [5, 5.41) is 0. The van der Waals surface area contributed by atoms with Crippen LogP contribution < -0.4 is 5.73 Å². The van der Waals surface area contributed by atoms with Gasteiger partial charge in [-0.25, -0.2) is 0 Å². The van der Waals surface area contributed by atoms with Crippen molar-refractivity contribution in [2.45, 2.75) is 31.2 Å². The predicted octanol–water partition coefficient (Wildman–Crippen LogP) is 3.75. The average Bonchev–Trinajstić information content (AvgIpc) is 3.27. The van der Waals surface area contributed by atoms with E-state index < -0.39 is 0 Å². The highest BCUT2D eigenvalue weighted by atomic mass is 14.7. The van der Waals surface area contributed by atoms with E-state index in [1.54, 1.807) is 0 Å². The molecule has 1 fully saturated rings. The van der Waals surface area contributed by atoms with Crippen LogP contribution in [-0.4, -0.2) is 6.04 Å². The summed E-state index contributed by atoms with van der Waals surface area (Å²) in [6, 6.07) is 21.8. The number of aryl methyl sites for hydroxylation is 1. The Kier molecular flexibility index (Phi) is 3.65. The van der Waals surface area contributed by atoms with Crippen molar-refractivity contribution in [2.24, 2.45) is 11.7 Å². The molecular formula is C18H21N. The van der Waals surface area contributed by atoms with Crippen LogP contribution in [0.4, 0.5) is 0 Å². The van der Waals surface area contributed by atoms with Crippen molar-refractivity contribution in [1.82, 2.24) is 0 Å². The fraction of sp³-hybridized carbons (Fsp3) is 0.333. The molecule has 0 saturated heterocycles. The minimum absolute atomic E-state index is 0.338. The number of hydrogen-bond donors (Lipinski definition) is 1. The molecule has 3 unspecified atom stereocenters. The quantitative estimate of drug-likeness (QED) is 0.860. The summed E-state index contributed by atoms with van der Waals surface area (Å²) in [6.45, 7) is 0. The zero-order chi connectivity index (χ0) is 13.1. The molecule has 2 N–H and O–H groups in total. The molecule has 0 aromatic heterocycles. The van der Waals surface area contributed by atoms with Gasteiger partial charge in [0.05, 0.1) is 0 Å². The molecule has 0 bridgehead atoms. The summed E-state index contributed by atoms with van der Waals surface area (Å²) in [4.78, 5) is 0. The Morgan fingerprint density at radius 1 is 0.947 bits per heavy atom. The van der Waals surface area contributed by atoms with Crippen molar-refractivity contribution >= 4 is 0 Å². The van der Waals surface area contributed by atoms with Gasteiger partial charge in [-0.15, -0.1) is 0 Å². The largest absolute Gasteiger partial charge is 0.327 e. The monoisotopic (exact) mass is 251 g/mol. The fourth-order valence-electron chi connectivity index (χ4n) is 2.96. The Morgan fingerprint density at radius 2 is 1.58 bits per heavy atom. The molecule has 0 radical (unpaired) electrons. The molecule has 3 atom stereocenters. The summed E-state index contributed by atoms with van der Waals surface area (Å²) in [5.41, 5.74) is 9.21. The average molecular weight is 251 g/mol. The fourth-order valence-corrected chi connectivity index (χ4v) is 2.96. The van der Waals surface area contributed by atoms with E-state index in [0.29, 0.717) is 17.9 Å². The minimum atomic E-state index is 0.338. The van der Waals surface area contributed by atoms with Crippen molar-refractivity contribution in [2.75, 3.05) is 0 Å². The third-order valence-electron chi connectivity index (χ3n) is 4.23. The highest BCUT2D eigenvalue weighted by Crippen LogP contribution is 2.49. The molecule has 1 aliphatic rings. The van der Waals surface area contributed by atoms with Gasteiger partial charge in [0.25, 0.3) is 0 Å². The van der Waals surface area contributed by atoms with Crippen LogP contribution in [0.25, 0.3) is 0 Å². The van der Waals surface area contributed by atoms with Crippen molar-refractivity contribution < 1.29 is 0 Å². The van der Waals surface area contributed by atoms with E-state index in [1.165, 1.54) is 17.5 Å². The van der Waals surface area contributed by atoms with E-state index in [9.17, 15) is 0 Å². The summed E-state index contributed by atoms with van der Waals surface area (Å²) in [6.07, 6.45) is 3.46. The van der Waals surface area contributed by atoms with Crippen LogP contribution in [0.3, 0.4) is 0 Å². The van der Waals surface area contributed by atoms with Crippen molar-refractivity contribution in [1.29, 1.82) is 0 Å². The summed E-state index contributed by atoms with van der Waals surface area (Å²) in [5.74, 6) is 1.39. The predicted molar refractivity (Wildman–Crippen MR) is 80.0 cm³/mol. The first-order valence-electron chi connectivity index (χ1n) is 7.19. The highest BCUT2D eigenvalue weighted by molar-refractivity contribution is 5.26. The second kappa shape index (κ2) is 5.58. The maximum absolute atomic E-state index is 6.35. The number of benzene rings is 2. The molecule has 1 aliphatic carbocycles. The second-order valence-electron chi connectivity index (χ2n) is 5.60.